The van der Waals surface area contributed by atoms with E-state index >= 15 is 0 Å². The monoisotopic (exact) mass is 236 g/mol. The number of methoxy groups -OCH3 is 1. The average molecular weight is 236 g/mol. The summed E-state index contributed by atoms with van der Waals surface area (Å²) >= 11 is 0. The van der Waals surface area contributed by atoms with E-state index in [0.717, 1.165) is 25.3 Å². The molecule has 0 aliphatic heterocycles. The maximum absolute atomic E-state index is 5.16. The van der Waals surface area contributed by atoms with Crippen LogP contribution in [0.4, 0.5) is 0 Å². The van der Waals surface area contributed by atoms with Gasteiger partial charge in [-0.25, -0.2) is 5.01 Å². The largest absolute Gasteiger partial charge is 0.497 e. The van der Waals surface area contributed by atoms with Gasteiger partial charge in [0.25, 0.3) is 0 Å². The lowest BCUT2D eigenvalue weighted by atomic mass is 10.2. The van der Waals surface area contributed by atoms with Crippen LogP contribution in [0.2, 0.25) is 0 Å². The van der Waals surface area contributed by atoms with E-state index in [-0.39, 0.29) is 0 Å². The molecule has 0 atom stereocenters. The van der Waals surface area contributed by atoms with E-state index in [1.54, 1.807) is 7.11 Å². The van der Waals surface area contributed by atoms with Gasteiger partial charge in [0, 0.05) is 19.1 Å². The van der Waals surface area contributed by atoms with Crippen LogP contribution in [-0.4, -0.2) is 24.7 Å². The Morgan fingerprint density at radius 1 is 1.24 bits per heavy atom. The molecule has 0 radical (unpaired) electrons. The van der Waals surface area contributed by atoms with Gasteiger partial charge in [0.05, 0.1) is 7.11 Å². The van der Waals surface area contributed by atoms with Crippen molar-refractivity contribution in [2.45, 2.75) is 39.8 Å². The molecule has 0 heterocycles. The van der Waals surface area contributed by atoms with Crippen LogP contribution in [0.5, 0.6) is 5.75 Å². The highest BCUT2D eigenvalue weighted by atomic mass is 16.5. The molecule has 0 saturated carbocycles. The van der Waals surface area contributed by atoms with Crippen LogP contribution in [-0.2, 0) is 6.54 Å². The molecule has 96 valence electrons. The van der Waals surface area contributed by atoms with Gasteiger partial charge < -0.3 is 4.74 Å². The second-order valence-corrected chi connectivity index (χ2v) is 4.55. The smallest absolute Gasteiger partial charge is 0.118 e. The van der Waals surface area contributed by atoms with Gasteiger partial charge in [-0.05, 0) is 38.0 Å². The molecule has 17 heavy (non-hydrogen) atoms. The highest BCUT2D eigenvalue weighted by Gasteiger charge is 2.06. The van der Waals surface area contributed by atoms with Gasteiger partial charge in [0.15, 0.2) is 0 Å². The predicted octanol–water partition coefficient (Wildman–Crippen LogP) is 2.82. The van der Waals surface area contributed by atoms with Crippen LogP contribution in [0.15, 0.2) is 24.3 Å². The lowest BCUT2D eigenvalue weighted by molar-refractivity contribution is 0.158. The Labute approximate surface area is 105 Å². The van der Waals surface area contributed by atoms with Crippen molar-refractivity contribution in [3.63, 3.8) is 0 Å². The van der Waals surface area contributed by atoms with Crippen molar-refractivity contribution in [2.75, 3.05) is 13.7 Å². The number of nitrogens with one attached hydrogen (secondary N) is 1. The number of benzene rings is 1. The van der Waals surface area contributed by atoms with E-state index in [2.05, 4.69) is 43.3 Å². The first kappa shape index (κ1) is 14.0. The van der Waals surface area contributed by atoms with Crippen molar-refractivity contribution < 1.29 is 4.74 Å². The number of hydrogen-bond donors (Lipinski definition) is 1. The third kappa shape index (κ3) is 5.20. The summed E-state index contributed by atoms with van der Waals surface area (Å²) in [4.78, 5) is 0. The summed E-state index contributed by atoms with van der Waals surface area (Å²) in [5.74, 6) is 0.910. The minimum atomic E-state index is 0.472. The standard InChI is InChI=1S/C14H24N2O/c1-5-10-16(15-12(2)3)11-13-6-8-14(17-4)9-7-13/h6-9,12,15H,5,10-11H2,1-4H3. The first-order valence-electron chi connectivity index (χ1n) is 6.29. The molecule has 0 amide bonds. The molecule has 1 rings (SSSR count). The molecule has 0 unspecified atom stereocenters. The van der Waals surface area contributed by atoms with E-state index in [9.17, 15) is 0 Å². The quantitative estimate of drug-likeness (QED) is 0.737. The van der Waals surface area contributed by atoms with Gasteiger partial charge in [-0.1, -0.05) is 19.1 Å². The highest BCUT2D eigenvalue weighted by Crippen LogP contribution is 2.12. The number of hydrogen-bond acceptors (Lipinski definition) is 3. The first-order valence-corrected chi connectivity index (χ1v) is 6.29. The molecule has 0 fully saturated rings. The number of rotatable bonds is 7. The molecule has 0 aromatic heterocycles. The molecule has 1 aromatic carbocycles. The lowest BCUT2D eigenvalue weighted by Gasteiger charge is -2.25. The molecule has 3 nitrogen and oxygen atoms in total. The molecular formula is C14H24N2O. The lowest BCUT2D eigenvalue weighted by Crippen LogP contribution is -2.42. The topological polar surface area (TPSA) is 24.5 Å². The van der Waals surface area contributed by atoms with Crippen molar-refractivity contribution in [1.29, 1.82) is 0 Å². The van der Waals surface area contributed by atoms with Gasteiger partial charge in [0.2, 0.25) is 0 Å². The van der Waals surface area contributed by atoms with Gasteiger partial charge in [0.1, 0.15) is 5.75 Å². The van der Waals surface area contributed by atoms with Crippen molar-refractivity contribution in [3.05, 3.63) is 29.8 Å². The second kappa shape index (κ2) is 7.30. The van der Waals surface area contributed by atoms with E-state index in [4.69, 9.17) is 4.74 Å². The van der Waals surface area contributed by atoms with Crippen LogP contribution in [0.3, 0.4) is 0 Å². The zero-order chi connectivity index (χ0) is 12.7. The summed E-state index contributed by atoms with van der Waals surface area (Å²) in [5.41, 5.74) is 4.76. The molecule has 1 N–H and O–H groups in total. The summed E-state index contributed by atoms with van der Waals surface area (Å²) < 4.78 is 5.16. The second-order valence-electron chi connectivity index (χ2n) is 4.55. The summed E-state index contributed by atoms with van der Waals surface area (Å²) in [7, 11) is 1.69. The van der Waals surface area contributed by atoms with Gasteiger partial charge in [-0.2, -0.15) is 0 Å². The molecule has 0 spiro atoms. The van der Waals surface area contributed by atoms with E-state index in [1.165, 1.54) is 5.56 Å². The Kier molecular flexibility index (Phi) is 6.01. The predicted molar refractivity (Wildman–Crippen MR) is 72.0 cm³/mol. The first-order chi connectivity index (χ1) is 8.15. The Hall–Kier alpha value is -1.06. The summed E-state index contributed by atoms with van der Waals surface area (Å²) in [6.07, 6.45) is 1.15. The fraction of sp³-hybridized carbons (Fsp3) is 0.571. The number of ether oxygens (including phenoxy) is 1. The minimum absolute atomic E-state index is 0.472. The number of hydrazine groups is 1. The van der Waals surface area contributed by atoms with Crippen molar-refractivity contribution in [2.24, 2.45) is 0 Å². The zero-order valence-corrected chi connectivity index (χ0v) is 11.4. The number of nitrogens with zero attached hydrogens (tertiary/aromatic N) is 1. The van der Waals surface area contributed by atoms with Crippen LogP contribution in [0.1, 0.15) is 32.8 Å². The van der Waals surface area contributed by atoms with Crippen LogP contribution in [0, 0.1) is 0 Å². The van der Waals surface area contributed by atoms with Gasteiger partial charge in [-0.3, -0.25) is 5.43 Å². The molecule has 0 bridgehead atoms. The van der Waals surface area contributed by atoms with Crippen LogP contribution in [0.25, 0.3) is 0 Å². The normalized spacial score (nSPS) is 11.2. The molecule has 1 aromatic rings. The summed E-state index contributed by atoms with van der Waals surface area (Å²) in [5, 5.41) is 2.27. The van der Waals surface area contributed by atoms with Crippen LogP contribution < -0.4 is 10.2 Å². The SMILES string of the molecule is CCCN(Cc1ccc(OC)cc1)NC(C)C. The minimum Gasteiger partial charge on any atom is -0.497 e. The third-order valence-electron chi connectivity index (χ3n) is 2.47. The Balaban J connectivity index is 2.58. The molecule has 3 heteroatoms. The van der Waals surface area contributed by atoms with E-state index < -0.39 is 0 Å². The Bertz CT molecular complexity index is 309. The van der Waals surface area contributed by atoms with E-state index in [0.29, 0.717) is 6.04 Å². The fourth-order valence-corrected chi connectivity index (χ4v) is 1.78. The Morgan fingerprint density at radius 3 is 2.35 bits per heavy atom. The van der Waals surface area contributed by atoms with E-state index in [1.807, 2.05) is 12.1 Å². The fourth-order valence-electron chi connectivity index (χ4n) is 1.78. The Morgan fingerprint density at radius 2 is 1.88 bits per heavy atom. The van der Waals surface area contributed by atoms with Crippen molar-refractivity contribution in [1.82, 2.24) is 10.4 Å². The highest BCUT2D eigenvalue weighted by molar-refractivity contribution is 5.26. The third-order valence-corrected chi connectivity index (χ3v) is 2.47. The maximum Gasteiger partial charge on any atom is 0.118 e. The maximum atomic E-state index is 5.16. The van der Waals surface area contributed by atoms with Crippen LogP contribution >= 0.6 is 0 Å². The molecule has 0 aliphatic carbocycles. The zero-order valence-electron chi connectivity index (χ0n) is 11.4. The summed E-state index contributed by atoms with van der Waals surface area (Å²) in [6, 6.07) is 8.72. The van der Waals surface area contributed by atoms with Crippen molar-refractivity contribution >= 4 is 0 Å². The van der Waals surface area contributed by atoms with Gasteiger partial charge in [-0.15, -0.1) is 0 Å². The summed E-state index contributed by atoms with van der Waals surface area (Å²) in [6.45, 7) is 8.51. The molecular weight excluding hydrogens is 212 g/mol. The molecule has 0 saturated heterocycles. The molecule has 0 aliphatic rings. The average Bonchev–Trinajstić information content (AvgIpc) is 2.29. The van der Waals surface area contributed by atoms with Gasteiger partial charge >= 0.3 is 0 Å². The van der Waals surface area contributed by atoms with Crippen molar-refractivity contribution in [3.8, 4) is 5.75 Å².